The summed E-state index contributed by atoms with van der Waals surface area (Å²) in [7, 11) is 0. The van der Waals surface area contributed by atoms with Gasteiger partial charge in [-0.15, -0.1) is 0 Å². The van der Waals surface area contributed by atoms with Crippen molar-refractivity contribution in [2.24, 2.45) is 0 Å². The van der Waals surface area contributed by atoms with Crippen LogP contribution < -0.4 is 0 Å². The number of benzene rings is 1. The van der Waals surface area contributed by atoms with Crippen LogP contribution in [0.3, 0.4) is 0 Å². The van der Waals surface area contributed by atoms with Crippen LogP contribution in [0.4, 0.5) is 0 Å². The quantitative estimate of drug-likeness (QED) is 0.481. The zero-order valence-electron chi connectivity index (χ0n) is 17.0. The molecule has 0 aliphatic carbocycles. The number of fused-ring (bicyclic) bond motifs is 1. The standard InChI is InChI=1S/C13H16O6.2C4H9.Sn/c14-6-9-10(15)12(11(16)13(17)19-9)18-7-8-4-2-1-3-5-8;2*1-3-4-2;/h1-5,9-15H,6-7H2;2*1,3-4H2,2H3;/q-2;;;+2/t9-,10-,11+,12+,13-;;;/m1.../s1. The number of hydrogen-bond donors (Lipinski definition) is 2. The molecule has 0 saturated carbocycles. The van der Waals surface area contributed by atoms with Gasteiger partial charge in [0.05, 0.1) is 0 Å². The van der Waals surface area contributed by atoms with Crippen LogP contribution in [0, 0.1) is 0 Å². The molecule has 2 N–H and O–H groups in total. The van der Waals surface area contributed by atoms with E-state index >= 15 is 0 Å². The third-order valence-electron chi connectivity index (χ3n) is 5.59. The SMILES string of the molecule is CCC[CH2][Sn]1([CH2]CCC)[O][C@@H]2O[C@H](CO)[C@@H](O)[C@H](OCc3ccccc3)[C@@H]2[O]1. The molecule has 2 heterocycles. The maximum absolute atomic E-state index is 10.8. The Kier molecular flexibility index (Phi) is 8.59. The summed E-state index contributed by atoms with van der Waals surface area (Å²) in [5.41, 5.74) is 1.03. The van der Waals surface area contributed by atoms with Crippen molar-refractivity contribution in [3.63, 3.8) is 0 Å². The van der Waals surface area contributed by atoms with Crippen LogP contribution in [0.2, 0.25) is 8.87 Å². The van der Waals surface area contributed by atoms with E-state index < -0.39 is 49.9 Å². The Morgan fingerprint density at radius 2 is 1.71 bits per heavy atom. The fraction of sp³-hybridized carbons (Fsp3) is 0.714. The first kappa shape index (κ1) is 22.5. The predicted octanol–water partition coefficient (Wildman–Crippen LogP) is 3.11. The van der Waals surface area contributed by atoms with E-state index in [0.29, 0.717) is 6.61 Å². The molecule has 6 nitrogen and oxygen atoms in total. The van der Waals surface area contributed by atoms with Gasteiger partial charge in [0.2, 0.25) is 0 Å². The molecule has 0 radical (unpaired) electrons. The van der Waals surface area contributed by atoms with Crippen LogP contribution in [-0.4, -0.2) is 66.7 Å². The third-order valence-corrected chi connectivity index (χ3v) is 15.8. The Morgan fingerprint density at radius 3 is 2.32 bits per heavy atom. The van der Waals surface area contributed by atoms with Crippen molar-refractivity contribution in [2.75, 3.05) is 6.61 Å². The molecule has 2 saturated heterocycles. The monoisotopic (exact) mass is 502 g/mol. The van der Waals surface area contributed by atoms with Crippen molar-refractivity contribution in [1.82, 2.24) is 0 Å². The first-order valence-electron chi connectivity index (χ1n) is 10.6. The van der Waals surface area contributed by atoms with E-state index in [9.17, 15) is 10.2 Å². The number of ether oxygens (including phenoxy) is 2. The molecule has 1 aromatic carbocycles. The second-order valence-electron chi connectivity index (χ2n) is 7.80. The molecular weight excluding hydrogens is 467 g/mol. The van der Waals surface area contributed by atoms with Crippen LogP contribution in [0.25, 0.3) is 0 Å². The van der Waals surface area contributed by atoms with Crippen LogP contribution in [0.15, 0.2) is 30.3 Å². The first-order valence-corrected chi connectivity index (χ1v) is 16.9. The van der Waals surface area contributed by atoms with Gasteiger partial charge in [-0.2, -0.15) is 0 Å². The van der Waals surface area contributed by atoms with Gasteiger partial charge >= 0.3 is 173 Å². The number of aliphatic hydroxyl groups is 2. The second-order valence-corrected chi connectivity index (χ2v) is 17.2. The molecule has 7 heteroatoms. The summed E-state index contributed by atoms with van der Waals surface area (Å²) >= 11 is -3.30. The zero-order valence-corrected chi connectivity index (χ0v) is 19.8. The second kappa shape index (κ2) is 10.7. The molecule has 3 rings (SSSR count). The Labute approximate surface area is 173 Å². The van der Waals surface area contributed by atoms with E-state index in [1.54, 1.807) is 0 Å². The average molecular weight is 501 g/mol. The Bertz CT molecular complexity index is 578. The Hall–Kier alpha value is -0.221. The number of hydrogen-bond acceptors (Lipinski definition) is 6. The van der Waals surface area contributed by atoms with E-state index in [0.717, 1.165) is 40.1 Å². The Morgan fingerprint density at radius 1 is 1.04 bits per heavy atom. The summed E-state index contributed by atoms with van der Waals surface area (Å²) in [6.45, 7) is 4.45. The van der Waals surface area contributed by atoms with Gasteiger partial charge in [0.15, 0.2) is 0 Å². The molecule has 0 spiro atoms. The molecule has 0 aromatic heterocycles. The van der Waals surface area contributed by atoms with Crippen molar-refractivity contribution < 1.29 is 25.8 Å². The van der Waals surface area contributed by atoms with E-state index in [1.807, 2.05) is 30.3 Å². The Balaban J connectivity index is 1.76. The summed E-state index contributed by atoms with van der Waals surface area (Å²) in [6, 6.07) is 9.87. The van der Waals surface area contributed by atoms with Crippen molar-refractivity contribution in [2.45, 2.75) is 85.7 Å². The molecule has 2 aliphatic rings. The molecule has 0 unspecified atom stereocenters. The van der Waals surface area contributed by atoms with Gasteiger partial charge in [-0.1, -0.05) is 0 Å². The summed E-state index contributed by atoms with van der Waals surface area (Å²) in [5, 5.41) is 20.4. The van der Waals surface area contributed by atoms with Crippen LogP contribution in [0.5, 0.6) is 0 Å². The van der Waals surface area contributed by atoms with Crippen molar-refractivity contribution in [1.29, 1.82) is 0 Å². The molecule has 158 valence electrons. The van der Waals surface area contributed by atoms with E-state index in [-0.39, 0.29) is 6.61 Å². The summed E-state index contributed by atoms with van der Waals surface area (Å²) in [4.78, 5) is 0. The molecular formula is C21H34O6Sn. The van der Waals surface area contributed by atoms with Gasteiger partial charge < -0.3 is 0 Å². The van der Waals surface area contributed by atoms with Gasteiger partial charge in [0, 0.05) is 0 Å². The summed E-state index contributed by atoms with van der Waals surface area (Å²) in [6.07, 6.45) is 1.16. The summed E-state index contributed by atoms with van der Waals surface area (Å²) < 4.78 is 27.1. The molecule has 5 atom stereocenters. The predicted molar refractivity (Wildman–Crippen MR) is 108 cm³/mol. The average Bonchev–Trinajstić information content (AvgIpc) is 3.09. The van der Waals surface area contributed by atoms with Gasteiger partial charge in [-0.25, -0.2) is 0 Å². The first-order chi connectivity index (χ1) is 13.6. The molecule has 28 heavy (non-hydrogen) atoms. The minimum absolute atomic E-state index is 0.272. The van der Waals surface area contributed by atoms with E-state index in [4.69, 9.17) is 15.6 Å². The third kappa shape index (κ3) is 5.27. The van der Waals surface area contributed by atoms with E-state index in [1.165, 1.54) is 0 Å². The summed E-state index contributed by atoms with van der Waals surface area (Å²) in [5.74, 6) is 0. The molecule has 2 aliphatic heterocycles. The number of rotatable bonds is 10. The minimum atomic E-state index is -3.30. The van der Waals surface area contributed by atoms with Crippen molar-refractivity contribution in [3.05, 3.63) is 35.9 Å². The van der Waals surface area contributed by atoms with Crippen molar-refractivity contribution in [3.8, 4) is 0 Å². The fourth-order valence-corrected chi connectivity index (χ4v) is 15.1. The van der Waals surface area contributed by atoms with Gasteiger partial charge in [-0.3, -0.25) is 0 Å². The normalized spacial score (nSPS) is 31.6. The van der Waals surface area contributed by atoms with Crippen LogP contribution in [-0.2, 0) is 22.2 Å². The fourth-order valence-electron chi connectivity index (χ4n) is 3.96. The molecule has 2 fully saturated rings. The molecule has 0 amide bonds. The van der Waals surface area contributed by atoms with Crippen LogP contribution >= 0.6 is 0 Å². The maximum atomic E-state index is 10.8. The van der Waals surface area contributed by atoms with Gasteiger partial charge in [-0.05, 0) is 0 Å². The number of aliphatic hydroxyl groups excluding tert-OH is 2. The molecule has 0 bridgehead atoms. The number of unbranched alkanes of at least 4 members (excludes halogenated alkanes) is 2. The van der Waals surface area contributed by atoms with Crippen LogP contribution in [0.1, 0.15) is 45.1 Å². The van der Waals surface area contributed by atoms with Crippen molar-refractivity contribution >= 4 is 19.2 Å². The van der Waals surface area contributed by atoms with Gasteiger partial charge in [0.1, 0.15) is 0 Å². The van der Waals surface area contributed by atoms with E-state index in [2.05, 4.69) is 13.8 Å². The van der Waals surface area contributed by atoms with Gasteiger partial charge in [0.25, 0.3) is 0 Å². The molecule has 1 aromatic rings. The zero-order chi connectivity index (χ0) is 20.0. The topological polar surface area (TPSA) is 77.4 Å².